The molecule has 6 heteroatoms. The number of carbonyl (C=O) groups excluding carboxylic acids is 1. The first-order chi connectivity index (χ1) is 7.85. The van der Waals surface area contributed by atoms with Gasteiger partial charge in [-0.1, -0.05) is 6.08 Å². The largest absolute Gasteiger partial charge is 0.392 e. The molecule has 1 rings (SSSR count). The Morgan fingerprint density at radius 2 is 2.18 bits per heavy atom. The summed E-state index contributed by atoms with van der Waals surface area (Å²) >= 11 is 0. The Labute approximate surface area is 96.9 Å². The molecular weight excluding hydrogens is 233 g/mol. The zero-order valence-electron chi connectivity index (χ0n) is 9.58. The Kier molecular flexibility index (Phi) is 4.09. The number of aryl methyl sites for hydroxylation is 1. The van der Waals surface area contributed by atoms with Crippen LogP contribution in [0.2, 0.25) is 0 Å². The van der Waals surface area contributed by atoms with E-state index in [1.165, 1.54) is 6.20 Å². The summed E-state index contributed by atoms with van der Waals surface area (Å²) in [4.78, 5) is 11.6. The fourth-order valence-corrected chi connectivity index (χ4v) is 1.40. The average molecular weight is 246 g/mol. The second-order valence-electron chi connectivity index (χ2n) is 3.55. The minimum Gasteiger partial charge on any atom is -0.289 e. The maximum absolute atomic E-state index is 11.9. The minimum absolute atomic E-state index is 0.338. The Hall–Kier alpha value is -1.59. The number of carbonyl (C=O) groups is 1. The topological polar surface area (TPSA) is 34.9 Å². The second kappa shape index (κ2) is 5.16. The molecule has 0 saturated heterocycles. The van der Waals surface area contributed by atoms with Gasteiger partial charge in [0, 0.05) is 12.2 Å². The predicted octanol–water partition coefficient (Wildman–Crippen LogP) is 2.90. The lowest BCUT2D eigenvalue weighted by Gasteiger charge is -2.01. The van der Waals surface area contributed by atoms with E-state index in [2.05, 4.69) is 5.10 Å². The summed E-state index contributed by atoms with van der Waals surface area (Å²) in [6.45, 7) is 4.19. The van der Waals surface area contributed by atoms with Crippen molar-refractivity contribution < 1.29 is 18.0 Å². The standard InChI is InChI=1S/C11H13F3N2O/c1-3-16-8(2)9(7-15-16)10(17)5-4-6-11(12,13)14/h4-5,7H,3,6H2,1-2H3/b5-4+. The second-order valence-corrected chi connectivity index (χ2v) is 3.55. The maximum atomic E-state index is 11.9. The molecule has 0 N–H and O–H groups in total. The third-order valence-electron chi connectivity index (χ3n) is 2.29. The van der Waals surface area contributed by atoms with Crippen LogP contribution in [0.25, 0.3) is 0 Å². The van der Waals surface area contributed by atoms with Crippen molar-refractivity contribution in [3.05, 3.63) is 29.6 Å². The third-order valence-corrected chi connectivity index (χ3v) is 2.29. The molecule has 17 heavy (non-hydrogen) atoms. The minimum atomic E-state index is -4.28. The molecule has 1 aromatic rings. The van der Waals surface area contributed by atoms with Gasteiger partial charge < -0.3 is 0 Å². The number of alkyl halides is 3. The highest BCUT2D eigenvalue weighted by Gasteiger charge is 2.24. The van der Waals surface area contributed by atoms with Crippen LogP contribution in [0, 0.1) is 6.92 Å². The summed E-state index contributed by atoms with van der Waals surface area (Å²) in [7, 11) is 0. The molecule has 0 unspecified atom stereocenters. The number of hydrogen-bond donors (Lipinski definition) is 0. The van der Waals surface area contributed by atoms with Crippen LogP contribution in [0.15, 0.2) is 18.3 Å². The normalized spacial score (nSPS) is 12.3. The first-order valence-electron chi connectivity index (χ1n) is 5.15. The third kappa shape index (κ3) is 3.72. The molecule has 94 valence electrons. The lowest BCUT2D eigenvalue weighted by molar-refractivity contribution is -0.125. The molecule has 0 amide bonds. The maximum Gasteiger partial charge on any atom is 0.392 e. The number of hydrogen-bond acceptors (Lipinski definition) is 2. The molecule has 0 radical (unpaired) electrons. The molecule has 0 aliphatic heterocycles. The van der Waals surface area contributed by atoms with Gasteiger partial charge in [0.25, 0.3) is 0 Å². The molecule has 0 aliphatic rings. The fraction of sp³-hybridized carbons (Fsp3) is 0.455. The summed E-state index contributed by atoms with van der Waals surface area (Å²) < 4.78 is 37.2. The molecular formula is C11H13F3N2O. The van der Waals surface area contributed by atoms with Gasteiger partial charge in [0.1, 0.15) is 0 Å². The van der Waals surface area contributed by atoms with E-state index in [0.29, 0.717) is 17.8 Å². The van der Waals surface area contributed by atoms with E-state index in [1.807, 2.05) is 6.92 Å². The molecule has 0 spiro atoms. The van der Waals surface area contributed by atoms with Gasteiger partial charge >= 0.3 is 6.18 Å². The summed E-state index contributed by atoms with van der Waals surface area (Å²) in [6.07, 6.45) is -2.24. The van der Waals surface area contributed by atoms with E-state index >= 15 is 0 Å². The van der Waals surface area contributed by atoms with Gasteiger partial charge in [-0.2, -0.15) is 18.3 Å². The lowest BCUT2D eigenvalue weighted by Crippen LogP contribution is -2.05. The predicted molar refractivity (Wildman–Crippen MR) is 56.8 cm³/mol. The average Bonchev–Trinajstić information content (AvgIpc) is 2.57. The van der Waals surface area contributed by atoms with Crippen molar-refractivity contribution in [3.8, 4) is 0 Å². The number of nitrogens with zero attached hydrogens (tertiary/aromatic N) is 2. The van der Waals surface area contributed by atoms with Crippen molar-refractivity contribution in [1.29, 1.82) is 0 Å². The van der Waals surface area contributed by atoms with Crippen LogP contribution in [0.3, 0.4) is 0 Å². The van der Waals surface area contributed by atoms with Crippen LogP contribution < -0.4 is 0 Å². The molecule has 0 fully saturated rings. The van der Waals surface area contributed by atoms with E-state index in [9.17, 15) is 18.0 Å². The first kappa shape index (κ1) is 13.5. The van der Waals surface area contributed by atoms with Gasteiger partial charge in [-0.15, -0.1) is 0 Å². The fourth-order valence-electron chi connectivity index (χ4n) is 1.40. The smallest absolute Gasteiger partial charge is 0.289 e. The van der Waals surface area contributed by atoms with Crippen molar-refractivity contribution in [1.82, 2.24) is 9.78 Å². The van der Waals surface area contributed by atoms with Crippen LogP contribution >= 0.6 is 0 Å². The number of allylic oxidation sites excluding steroid dienone is 2. The summed E-state index contributed by atoms with van der Waals surface area (Å²) in [5.74, 6) is -0.452. The highest BCUT2D eigenvalue weighted by Crippen LogP contribution is 2.20. The van der Waals surface area contributed by atoms with E-state index < -0.39 is 18.4 Å². The van der Waals surface area contributed by atoms with Gasteiger partial charge in [-0.25, -0.2) is 0 Å². The van der Waals surface area contributed by atoms with Gasteiger partial charge in [-0.3, -0.25) is 9.48 Å². The molecule has 0 saturated carbocycles. The zero-order chi connectivity index (χ0) is 13.1. The van der Waals surface area contributed by atoms with Crippen molar-refractivity contribution in [2.45, 2.75) is 33.0 Å². The van der Waals surface area contributed by atoms with Crippen molar-refractivity contribution in [2.75, 3.05) is 0 Å². The van der Waals surface area contributed by atoms with Gasteiger partial charge in [0.2, 0.25) is 0 Å². The van der Waals surface area contributed by atoms with Gasteiger partial charge in [-0.05, 0) is 19.9 Å². The summed E-state index contributed by atoms with van der Waals surface area (Å²) in [5, 5.41) is 3.95. The Bertz CT molecular complexity index is 432. The lowest BCUT2D eigenvalue weighted by atomic mass is 10.1. The molecule has 3 nitrogen and oxygen atoms in total. The summed E-state index contributed by atoms with van der Waals surface area (Å²) in [5.41, 5.74) is 0.999. The number of ketones is 1. The van der Waals surface area contributed by atoms with E-state index in [4.69, 9.17) is 0 Å². The Morgan fingerprint density at radius 1 is 1.53 bits per heavy atom. The van der Waals surface area contributed by atoms with E-state index in [-0.39, 0.29) is 0 Å². The quantitative estimate of drug-likeness (QED) is 0.604. The van der Waals surface area contributed by atoms with Crippen LogP contribution in [0.1, 0.15) is 29.4 Å². The highest BCUT2D eigenvalue weighted by molar-refractivity contribution is 6.05. The molecule has 0 atom stereocenters. The van der Waals surface area contributed by atoms with Crippen molar-refractivity contribution in [3.63, 3.8) is 0 Å². The van der Waals surface area contributed by atoms with Crippen molar-refractivity contribution >= 4 is 5.78 Å². The summed E-state index contributed by atoms with van der Waals surface area (Å²) in [6, 6.07) is 0. The molecule has 1 aromatic heterocycles. The highest BCUT2D eigenvalue weighted by atomic mass is 19.4. The molecule has 0 aromatic carbocycles. The van der Waals surface area contributed by atoms with Crippen LogP contribution in [-0.2, 0) is 6.54 Å². The SMILES string of the molecule is CCn1ncc(C(=O)/C=C/CC(F)(F)F)c1C. The number of halogens is 3. The molecule has 1 heterocycles. The van der Waals surface area contributed by atoms with Gasteiger partial charge in [0.05, 0.1) is 18.2 Å². The first-order valence-corrected chi connectivity index (χ1v) is 5.15. The van der Waals surface area contributed by atoms with E-state index in [1.54, 1.807) is 11.6 Å². The Balaban J connectivity index is 2.73. The van der Waals surface area contributed by atoms with Crippen molar-refractivity contribution in [2.24, 2.45) is 0 Å². The van der Waals surface area contributed by atoms with Gasteiger partial charge in [0.15, 0.2) is 5.78 Å². The van der Waals surface area contributed by atoms with Crippen LogP contribution in [0.4, 0.5) is 13.2 Å². The molecule has 0 bridgehead atoms. The number of rotatable bonds is 4. The van der Waals surface area contributed by atoms with Crippen LogP contribution in [-0.4, -0.2) is 21.7 Å². The number of aromatic nitrogens is 2. The van der Waals surface area contributed by atoms with E-state index in [0.717, 1.165) is 12.2 Å². The van der Waals surface area contributed by atoms with Crippen LogP contribution in [0.5, 0.6) is 0 Å². The monoisotopic (exact) mass is 246 g/mol. The molecule has 0 aliphatic carbocycles. The Morgan fingerprint density at radius 3 is 2.65 bits per heavy atom. The zero-order valence-corrected chi connectivity index (χ0v) is 9.58.